The molecular weight excluding hydrogens is 591 g/mol. The molecule has 0 unspecified atom stereocenters. The van der Waals surface area contributed by atoms with E-state index >= 15 is 0 Å². The van der Waals surface area contributed by atoms with Gasteiger partial charge in [0.15, 0.2) is 0 Å². The maximum atomic E-state index is 13.8. The van der Waals surface area contributed by atoms with Gasteiger partial charge in [0.1, 0.15) is 5.75 Å². The summed E-state index contributed by atoms with van der Waals surface area (Å²) in [5, 5.41) is 4.02. The summed E-state index contributed by atoms with van der Waals surface area (Å²) < 4.78 is 7.74. The number of carbonyl (C=O) groups excluding carboxylic acids is 1. The van der Waals surface area contributed by atoms with E-state index in [0.717, 1.165) is 15.8 Å². The largest absolute Gasteiger partial charge is 0.497 e. The Kier molecular flexibility index (Phi) is 7.74. The van der Waals surface area contributed by atoms with Crippen LogP contribution in [0.1, 0.15) is 27.2 Å². The molecule has 2 heterocycles. The number of hydrogen-bond donors (Lipinski definition) is 1. The van der Waals surface area contributed by atoms with Gasteiger partial charge in [0, 0.05) is 28.7 Å². The third-order valence-corrected chi connectivity index (χ3v) is 7.65. The highest BCUT2D eigenvalue weighted by Gasteiger charge is 2.27. The van der Waals surface area contributed by atoms with Crippen LogP contribution >= 0.6 is 39.1 Å². The fourth-order valence-electron chi connectivity index (χ4n) is 4.35. The van der Waals surface area contributed by atoms with Crippen LogP contribution in [0, 0.1) is 0 Å². The minimum atomic E-state index is -0.194. The van der Waals surface area contributed by atoms with Crippen molar-refractivity contribution < 1.29 is 9.53 Å². The van der Waals surface area contributed by atoms with Gasteiger partial charge >= 0.3 is 0 Å². The Hall–Kier alpha value is -3.33. The zero-order valence-electron chi connectivity index (χ0n) is 20.4. The highest BCUT2D eigenvalue weighted by atomic mass is 79.9. The van der Waals surface area contributed by atoms with Gasteiger partial charge in [-0.25, -0.2) is 9.55 Å². The summed E-state index contributed by atoms with van der Waals surface area (Å²) in [5.74, 6) is 0.968. The van der Waals surface area contributed by atoms with E-state index in [1.165, 1.54) is 0 Å². The van der Waals surface area contributed by atoms with Gasteiger partial charge in [0.2, 0.25) is 5.95 Å². The average molecular weight is 614 g/mol. The van der Waals surface area contributed by atoms with E-state index in [-0.39, 0.29) is 18.0 Å². The van der Waals surface area contributed by atoms with E-state index in [9.17, 15) is 9.59 Å². The predicted octanol–water partition coefficient (Wildman–Crippen LogP) is 6.12. The first-order chi connectivity index (χ1) is 18.3. The Labute approximate surface area is 238 Å². The molecule has 0 spiro atoms. The summed E-state index contributed by atoms with van der Waals surface area (Å²) in [6.45, 7) is 1.04. The fourth-order valence-corrected chi connectivity index (χ4v) is 4.91. The predicted molar refractivity (Wildman–Crippen MR) is 153 cm³/mol. The van der Waals surface area contributed by atoms with Crippen LogP contribution in [0.5, 0.6) is 5.75 Å². The minimum absolute atomic E-state index is 0.156. The summed E-state index contributed by atoms with van der Waals surface area (Å²) in [7, 11) is 1.62. The van der Waals surface area contributed by atoms with Gasteiger partial charge in [-0.2, -0.15) is 0 Å². The highest BCUT2D eigenvalue weighted by Crippen LogP contribution is 2.26. The highest BCUT2D eigenvalue weighted by molar-refractivity contribution is 9.10. The number of nitrogens with one attached hydrogen (secondary N) is 1. The normalized spacial score (nSPS) is 12.7. The van der Waals surface area contributed by atoms with Crippen LogP contribution in [0.4, 0.5) is 5.95 Å². The van der Waals surface area contributed by atoms with E-state index in [1.807, 2.05) is 48.5 Å². The SMILES string of the molecule is COc1ccc(CNc2nc3c(c(=O)n2-c2ccc(Br)cc2)CCN(C(=O)c2ccc(Cl)c(Cl)c2)C3)cc1. The number of anilines is 1. The zero-order chi connectivity index (χ0) is 26.8. The third-order valence-electron chi connectivity index (χ3n) is 6.38. The molecule has 4 aromatic rings. The lowest BCUT2D eigenvalue weighted by Gasteiger charge is -2.29. The molecule has 1 amide bonds. The van der Waals surface area contributed by atoms with Gasteiger partial charge in [-0.05, 0) is 66.6 Å². The number of halogens is 3. The second kappa shape index (κ2) is 11.2. The van der Waals surface area contributed by atoms with Crippen LogP contribution in [0.2, 0.25) is 10.0 Å². The molecular formula is C28H23BrCl2N4O3. The van der Waals surface area contributed by atoms with Gasteiger partial charge in [-0.3, -0.25) is 9.59 Å². The molecule has 3 aromatic carbocycles. The molecule has 0 saturated heterocycles. The third kappa shape index (κ3) is 5.43. The van der Waals surface area contributed by atoms with Crippen LogP contribution in [0.3, 0.4) is 0 Å². The molecule has 0 saturated carbocycles. The number of ether oxygens (including phenoxy) is 1. The molecule has 1 N–H and O–H groups in total. The first-order valence-electron chi connectivity index (χ1n) is 11.9. The van der Waals surface area contributed by atoms with E-state index < -0.39 is 0 Å². The molecule has 38 heavy (non-hydrogen) atoms. The molecule has 1 aromatic heterocycles. The first kappa shape index (κ1) is 26.3. The van der Waals surface area contributed by atoms with Crippen molar-refractivity contribution in [2.24, 2.45) is 0 Å². The molecule has 0 bridgehead atoms. The quantitative estimate of drug-likeness (QED) is 0.283. The van der Waals surface area contributed by atoms with Gasteiger partial charge in [-0.15, -0.1) is 0 Å². The van der Waals surface area contributed by atoms with E-state index in [4.69, 9.17) is 32.9 Å². The van der Waals surface area contributed by atoms with Gasteiger partial charge < -0.3 is 15.0 Å². The van der Waals surface area contributed by atoms with Crippen molar-refractivity contribution in [1.82, 2.24) is 14.5 Å². The van der Waals surface area contributed by atoms with Gasteiger partial charge in [0.05, 0.1) is 35.1 Å². The molecule has 0 fully saturated rings. The molecule has 0 atom stereocenters. The number of methoxy groups -OCH3 is 1. The van der Waals surface area contributed by atoms with Crippen LogP contribution in [-0.2, 0) is 19.5 Å². The lowest BCUT2D eigenvalue weighted by molar-refractivity contribution is 0.0731. The number of aromatic nitrogens is 2. The maximum absolute atomic E-state index is 13.8. The van der Waals surface area contributed by atoms with Crippen molar-refractivity contribution in [2.75, 3.05) is 19.0 Å². The molecule has 194 valence electrons. The van der Waals surface area contributed by atoms with Crippen LogP contribution in [-0.4, -0.2) is 34.0 Å². The topological polar surface area (TPSA) is 76.5 Å². The minimum Gasteiger partial charge on any atom is -0.497 e. The lowest BCUT2D eigenvalue weighted by atomic mass is 10.0. The first-order valence-corrected chi connectivity index (χ1v) is 13.4. The molecule has 0 radical (unpaired) electrons. The lowest BCUT2D eigenvalue weighted by Crippen LogP contribution is -2.40. The average Bonchev–Trinajstić information content (AvgIpc) is 2.93. The monoisotopic (exact) mass is 612 g/mol. The van der Waals surface area contributed by atoms with Crippen molar-refractivity contribution in [3.8, 4) is 11.4 Å². The molecule has 0 aliphatic carbocycles. The van der Waals surface area contributed by atoms with Gasteiger partial charge in [0.25, 0.3) is 11.5 Å². The number of benzene rings is 3. The summed E-state index contributed by atoms with van der Waals surface area (Å²) in [5.41, 5.74) is 3.14. The van der Waals surface area contributed by atoms with E-state index in [1.54, 1.807) is 34.8 Å². The van der Waals surface area contributed by atoms with Crippen LogP contribution < -0.4 is 15.6 Å². The van der Waals surface area contributed by atoms with Crippen molar-refractivity contribution >= 4 is 51.0 Å². The van der Waals surface area contributed by atoms with E-state index in [0.29, 0.717) is 58.0 Å². The van der Waals surface area contributed by atoms with Crippen molar-refractivity contribution in [3.05, 3.63) is 114 Å². The Bertz CT molecular complexity index is 1560. The molecule has 7 nitrogen and oxygen atoms in total. The molecule has 1 aliphatic rings. The second-order valence-electron chi connectivity index (χ2n) is 8.78. The Balaban J connectivity index is 1.49. The van der Waals surface area contributed by atoms with Gasteiger partial charge in [-0.1, -0.05) is 51.3 Å². The second-order valence-corrected chi connectivity index (χ2v) is 10.5. The zero-order valence-corrected chi connectivity index (χ0v) is 23.5. The smallest absolute Gasteiger partial charge is 0.263 e. The van der Waals surface area contributed by atoms with Crippen LogP contribution in [0.25, 0.3) is 5.69 Å². The summed E-state index contributed by atoms with van der Waals surface area (Å²) in [6.07, 6.45) is 0.392. The summed E-state index contributed by atoms with van der Waals surface area (Å²) >= 11 is 15.6. The van der Waals surface area contributed by atoms with Crippen LogP contribution in [0.15, 0.2) is 76.0 Å². The number of fused-ring (bicyclic) bond motifs is 1. The Morgan fingerprint density at radius 3 is 2.47 bits per heavy atom. The summed E-state index contributed by atoms with van der Waals surface area (Å²) in [4.78, 5) is 33.5. The van der Waals surface area contributed by atoms with Crippen molar-refractivity contribution in [1.29, 1.82) is 0 Å². The number of hydrogen-bond acceptors (Lipinski definition) is 5. The summed E-state index contributed by atoms with van der Waals surface area (Å²) in [6, 6.07) is 20.0. The van der Waals surface area contributed by atoms with E-state index in [2.05, 4.69) is 21.2 Å². The number of amides is 1. The number of rotatable bonds is 6. The number of carbonyl (C=O) groups is 1. The molecule has 10 heteroatoms. The maximum Gasteiger partial charge on any atom is 0.263 e. The Morgan fingerprint density at radius 2 is 1.79 bits per heavy atom. The number of nitrogens with zero attached hydrogens (tertiary/aromatic N) is 3. The fraction of sp³-hybridized carbons (Fsp3) is 0.179. The molecule has 5 rings (SSSR count). The Morgan fingerprint density at radius 1 is 1.05 bits per heavy atom. The molecule has 1 aliphatic heterocycles. The van der Waals surface area contributed by atoms with Crippen molar-refractivity contribution in [2.45, 2.75) is 19.5 Å². The standard InChI is InChI=1S/C28H23BrCl2N4O3/c1-38-21-9-2-17(3-10-21)15-32-28-33-25-16-34(26(36)18-4-11-23(30)24(31)14-18)13-12-22(25)27(37)35(28)20-7-5-19(29)6-8-20/h2-11,14H,12-13,15-16H2,1H3,(H,32,33). The van der Waals surface area contributed by atoms with Crippen molar-refractivity contribution in [3.63, 3.8) is 0 Å².